The number of thiazole rings is 1. The minimum Gasteiger partial charge on any atom is -0.349 e. The third-order valence-corrected chi connectivity index (χ3v) is 2.83. The highest BCUT2D eigenvalue weighted by Crippen LogP contribution is 2.05. The van der Waals surface area contributed by atoms with Gasteiger partial charge in [0.05, 0.1) is 12.5 Å². The number of carbonyl (C=O) groups excluding carboxylic acids is 1. The van der Waals surface area contributed by atoms with Gasteiger partial charge in [-0.3, -0.25) is 4.79 Å². The molecule has 0 aromatic carbocycles. The molecule has 2 rings (SSSR count). The van der Waals surface area contributed by atoms with E-state index in [1.165, 1.54) is 0 Å². The lowest BCUT2D eigenvalue weighted by Crippen LogP contribution is -2.50. The van der Waals surface area contributed by atoms with Crippen molar-refractivity contribution in [3.05, 3.63) is 16.6 Å². The number of hydrogen-bond donors (Lipinski definition) is 2. The lowest BCUT2D eigenvalue weighted by molar-refractivity contribution is -0.126. The van der Waals surface area contributed by atoms with Gasteiger partial charge < -0.3 is 10.6 Å². The van der Waals surface area contributed by atoms with E-state index in [1.807, 2.05) is 5.38 Å². The molecule has 1 aliphatic heterocycles. The number of hydrogen-bond acceptors (Lipinski definition) is 4. The first kappa shape index (κ1) is 8.65. The fourth-order valence-corrected chi connectivity index (χ4v) is 1.68. The minimum absolute atomic E-state index is 0.133. The summed E-state index contributed by atoms with van der Waals surface area (Å²) in [5.74, 6) is 0.300. The Bertz CT molecular complexity index is 282. The Hall–Kier alpha value is -0.940. The Morgan fingerprint density at radius 1 is 1.77 bits per heavy atom. The summed E-state index contributed by atoms with van der Waals surface area (Å²) in [5.41, 5.74) is 0. The number of amides is 1. The van der Waals surface area contributed by atoms with E-state index in [-0.39, 0.29) is 11.8 Å². The molecular formula is C8H11N3OS. The lowest BCUT2D eigenvalue weighted by Gasteiger charge is -2.25. The molecule has 13 heavy (non-hydrogen) atoms. The highest BCUT2D eigenvalue weighted by atomic mass is 32.1. The summed E-state index contributed by atoms with van der Waals surface area (Å²) in [7, 11) is 0. The molecule has 70 valence electrons. The van der Waals surface area contributed by atoms with Crippen molar-refractivity contribution in [1.29, 1.82) is 0 Å². The van der Waals surface area contributed by atoms with Crippen molar-refractivity contribution in [2.75, 3.05) is 13.1 Å². The first-order valence-corrected chi connectivity index (χ1v) is 5.11. The van der Waals surface area contributed by atoms with Crippen LogP contribution in [0, 0.1) is 5.92 Å². The predicted octanol–water partition coefficient (Wildman–Crippen LogP) is -0.0213. The monoisotopic (exact) mass is 197 g/mol. The molecule has 0 radical (unpaired) electrons. The van der Waals surface area contributed by atoms with Crippen molar-refractivity contribution in [2.24, 2.45) is 5.92 Å². The van der Waals surface area contributed by atoms with Crippen molar-refractivity contribution >= 4 is 17.2 Å². The van der Waals surface area contributed by atoms with Crippen LogP contribution in [0.1, 0.15) is 5.01 Å². The van der Waals surface area contributed by atoms with Crippen LogP contribution in [-0.2, 0) is 11.3 Å². The molecule has 0 aliphatic carbocycles. The smallest absolute Gasteiger partial charge is 0.226 e. The quantitative estimate of drug-likeness (QED) is 0.716. The van der Waals surface area contributed by atoms with Crippen LogP contribution < -0.4 is 10.6 Å². The molecule has 1 amide bonds. The number of nitrogens with zero attached hydrogens (tertiary/aromatic N) is 1. The van der Waals surface area contributed by atoms with Gasteiger partial charge >= 0.3 is 0 Å². The second-order valence-corrected chi connectivity index (χ2v) is 3.98. The zero-order chi connectivity index (χ0) is 9.10. The van der Waals surface area contributed by atoms with E-state index in [1.54, 1.807) is 17.5 Å². The van der Waals surface area contributed by atoms with Crippen LogP contribution >= 0.6 is 11.3 Å². The maximum Gasteiger partial charge on any atom is 0.226 e. The van der Waals surface area contributed by atoms with Crippen LogP contribution in [0.15, 0.2) is 11.6 Å². The van der Waals surface area contributed by atoms with Gasteiger partial charge in [0.1, 0.15) is 5.01 Å². The van der Waals surface area contributed by atoms with Crippen molar-refractivity contribution in [1.82, 2.24) is 15.6 Å². The van der Waals surface area contributed by atoms with Crippen LogP contribution in [0.5, 0.6) is 0 Å². The average Bonchev–Trinajstić information content (AvgIpc) is 2.49. The van der Waals surface area contributed by atoms with Crippen LogP contribution in [0.25, 0.3) is 0 Å². The number of rotatable bonds is 3. The SMILES string of the molecule is O=C(NCc1nccs1)C1CNC1. The molecule has 0 saturated carbocycles. The van der Waals surface area contributed by atoms with Gasteiger partial charge in [0.2, 0.25) is 5.91 Å². The first-order chi connectivity index (χ1) is 6.36. The Morgan fingerprint density at radius 3 is 3.15 bits per heavy atom. The maximum absolute atomic E-state index is 11.3. The van der Waals surface area contributed by atoms with Gasteiger partial charge in [-0.25, -0.2) is 4.98 Å². The van der Waals surface area contributed by atoms with E-state index in [9.17, 15) is 4.79 Å². The van der Waals surface area contributed by atoms with Crippen molar-refractivity contribution in [3.8, 4) is 0 Å². The molecule has 5 heteroatoms. The van der Waals surface area contributed by atoms with E-state index in [4.69, 9.17) is 0 Å². The van der Waals surface area contributed by atoms with Gasteiger partial charge in [0, 0.05) is 24.7 Å². The highest BCUT2D eigenvalue weighted by Gasteiger charge is 2.24. The highest BCUT2D eigenvalue weighted by molar-refractivity contribution is 7.09. The van der Waals surface area contributed by atoms with Crippen LogP contribution in [0.3, 0.4) is 0 Å². The summed E-state index contributed by atoms with van der Waals surface area (Å²) in [5, 5.41) is 8.79. The topological polar surface area (TPSA) is 54.0 Å². The summed E-state index contributed by atoms with van der Waals surface area (Å²) < 4.78 is 0. The van der Waals surface area contributed by atoms with Gasteiger partial charge in [-0.1, -0.05) is 0 Å². The Labute approximate surface area is 80.4 Å². The molecular weight excluding hydrogens is 186 g/mol. The fourth-order valence-electron chi connectivity index (χ4n) is 1.12. The normalized spacial score (nSPS) is 16.6. The van der Waals surface area contributed by atoms with Crippen LogP contribution in [0.4, 0.5) is 0 Å². The zero-order valence-corrected chi connectivity index (χ0v) is 7.93. The van der Waals surface area contributed by atoms with Crippen LogP contribution in [0.2, 0.25) is 0 Å². The molecule has 2 N–H and O–H groups in total. The molecule has 0 unspecified atom stereocenters. The van der Waals surface area contributed by atoms with E-state index in [0.29, 0.717) is 6.54 Å². The fraction of sp³-hybridized carbons (Fsp3) is 0.500. The van der Waals surface area contributed by atoms with E-state index >= 15 is 0 Å². The zero-order valence-electron chi connectivity index (χ0n) is 7.12. The van der Waals surface area contributed by atoms with Crippen molar-refractivity contribution < 1.29 is 4.79 Å². The van der Waals surface area contributed by atoms with Crippen LogP contribution in [-0.4, -0.2) is 24.0 Å². The maximum atomic E-state index is 11.3. The minimum atomic E-state index is 0.133. The van der Waals surface area contributed by atoms with E-state index < -0.39 is 0 Å². The Morgan fingerprint density at radius 2 is 2.62 bits per heavy atom. The molecule has 0 spiro atoms. The van der Waals surface area contributed by atoms with Crippen molar-refractivity contribution in [3.63, 3.8) is 0 Å². The molecule has 0 bridgehead atoms. The molecule has 2 heterocycles. The second-order valence-electron chi connectivity index (χ2n) is 3.00. The first-order valence-electron chi connectivity index (χ1n) is 4.23. The number of nitrogens with one attached hydrogen (secondary N) is 2. The average molecular weight is 197 g/mol. The summed E-state index contributed by atoms with van der Waals surface area (Å²) in [4.78, 5) is 15.4. The molecule has 0 atom stereocenters. The Kier molecular flexibility index (Phi) is 2.56. The lowest BCUT2D eigenvalue weighted by atomic mass is 10.0. The van der Waals surface area contributed by atoms with E-state index in [2.05, 4.69) is 15.6 Å². The second kappa shape index (κ2) is 3.85. The van der Waals surface area contributed by atoms with Gasteiger partial charge in [-0.2, -0.15) is 0 Å². The van der Waals surface area contributed by atoms with Gasteiger partial charge in [0.25, 0.3) is 0 Å². The molecule has 1 aromatic heterocycles. The third kappa shape index (κ3) is 2.05. The van der Waals surface area contributed by atoms with E-state index in [0.717, 1.165) is 18.1 Å². The molecule has 1 aliphatic rings. The largest absolute Gasteiger partial charge is 0.349 e. The Balaban J connectivity index is 1.76. The number of aromatic nitrogens is 1. The molecule has 1 saturated heterocycles. The summed E-state index contributed by atoms with van der Waals surface area (Å²) in [6.07, 6.45) is 1.75. The summed E-state index contributed by atoms with van der Waals surface area (Å²) in [6.45, 7) is 2.18. The molecule has 1 fully saturated rings. The standard InChI is InChI=1S/C8H11N3OS/c12-8(6-3-9-4-6)11-5-7-10-1-2-13-7/h1-2,6,9H,3-5H2,(H,11,12). The van der Waals surface area contributed by atoms with Gasteiger partial charge in [0.15, 0.2) is 0 Å². The third-order valence-electron chi connectivity index (χ3n) is 2.05. The van der Waals surface area contributed by atoms with Crippen molar-refractivity contribution in [2.45, 2.75) is 6.54 Å². The summed E-state index contributed by atoms with van der Waals surface area (Å²) >= 11 is 1.56. The number of carbonyl (C=O) groups is 1. The summed E-state index contributed by atoms with van der Waals surface area (Å²) in [6, 6.07) is 0. The van der Waals surface area contributed by atoms with Gasteiger partial charge in [-0.05, 0) is 0 Å². The molecule has 4 nitrogen and oxygen atoms in total. The predicted molar refractivity (Wildman–Crippen MR) is 50.3 cm³/mol. The van der Waals surface area contributed by atoms with Gasteiger partial charge in [-0.15, -0.1) is 11.3 Å². The molecule has 1 aromatic rings.